The molecule has 1 aromatic heterocycles. The molecule has 0 spiro atoms. The maximum absolute atomic E-state index is 5.71. The third kappa shape index (κ3) is 3.27. The molecule has 0 atom stereocenters. The van der Waals surface area contributed by atoms with Gasteiger partial charge in [-0.1, -0.05) is 12.1 Å². The zero-order valence-corrected chi connectivity index (χ0v) is 12.1. The predicted molar refractivity (Wildman–Crippen MR) is 79.6 cm³/mol. The lowest BCUT2D eigenvalue weighted by atomic mass is 10.1. The number of anilines is 1. The van der Waals surface area contributed by atoms with Crippen LogP contribution in [0.2, 0.25) is 0 Å². The van der Waals surface area contributed by atoms with Crippen LogP contribution in [0.25, 0.3) is 0 Å². The van der Waals surface area contributed by atoms with Gasteiger partial charge >= 0.3 is 0 Å². The van der Waals surface area contributed by atoms with Crippen LogP contribution < -0.4 is 10.5 Å². The standard InChI is InChI=1S/C16H20N2O2/c1-11-8-18-15(12(2)16(11)19-3)10-20-9-13-4-6-14(17)7-5-13/h4-8H,9-10,17H2,1-3H3. The summed E-state index contributed by atoms with van der Waals surface area (Å²) in [5.41, 5.74) is 10.5. The second-order valence-electron chi connectivity index (χ2n) is 4.78. The Bertz CT molecular complexity index is 580. The number of rotatable bonds is 5. The lowest BCUT2D eigenvalue weighted by molar-refractivity contribution is 0.104. The SMILES string of the molecule is COc1c(C)cnc(COCc2ccc(N)cc2)c1C. The molecule has 0 saturated carbocycles. The normalized spacial score (nSPS) is 10.6. The smallest absolute Gasteiger partial charge is 0.128 e. The van der Waals surface area contributed by atoms with Gasteiger partial charge in [-0.05, 0) is 31.5 Å². The number of methoxy groups -OCH3 is 1. The number of nitrogen functional groups attached to an aromatic ring is 1. The van der Waals surface area contributed by atoms with Gasteiger partial charge in [0.25, 0.3) is 0 Å². The van der Waals surface area contributed by atoms with Crippen LogP contribution in [0.15, 0.2) is 30.5 Å². The molecule has 4 heteroatoms. The summed E-state index contributed by atoms with van der Waals surface area (Å²) in [6.07, 6.45) is 1.81. The first-order valence-corrected chi connectivity index (χ1v) is 6.53. The molecule has 2 rings (SSSR count). The van der Waals surface area contributed by atoms with E-state index in [9.17, 15) is 0 Å². The molecule has 1 heterocycles. The average molecular weight is 272 g/mol. The Hall–Kier alpha value is -2.07. The molecule has 0 aliphatic heterocycles. The first-order chi connectivity index (χ1) is 9.61. The highest BCUT2D eigenvalue weighted by atomic mass is 16.5. The number of nitrogens with two attached hydrogens (primary N) is 1. The van der Waals surface area contributed by atoms with Crippen molar-refractivity contribution in [3.05, 3.63) is 52.8 Å². The van der Waals surface area contributed by atoms with Gasteiger partial charge in [0.05, 0.1) is 26.0 Å². The van der Waals surface area contributed by atoms with E-state index in [0.717, 1.165) is 33.8 Å². The van der Waals surface area contributed by atoms with Crippen LogP contribution in [-0.4, -0.2) is 12.1 Å². The Labute approximate surface area is 119 Å². The molecule has 0 fully saturated rings. The molecule has 1 aromatic carbocycles. The Balaban J connectivity index is 1.99. The number of aromatic nitrogens is 1. The molecule has 2 N–H and O–H groups in total. The Morgan fingerprint density at radius 3 is 2.45 bits per heavy atom. The molecule has 0 aliphatic carbocycles. The lowest BCUT2D eigenvalue weighted by Crippen LogP contribution is -2.02. The molecule has 106 valence electrons. The van der Waals surface area contributed by atoms with Crippen molar-refractivity contribution in [1.82, 2.24) is 4.98 Å². The zero-order chi connectivity index (χ0) is 14.5. The minimum Gasteiger partial charge on any atom is -0.496 e. The largest absolute Gasteiger partial charge is 0.496 e. The van der Waals surface area contributed by atoms with E-state index in [4.69, 9.17) is 15.2 Å². The van der Waals surface area contributed by atoms with Gasteiger partial charge in [-0.15, -0.1) is 0 Å². The van der Waals surface area contributed by atoms with Crippen molar-refractivity contribution in [3.63, 3.8) is 0 Å². The first kappa shape index (κ1) is 14.3. The second kappa shape index (κ2) is 6.39. The van der Waals surface area contributed by atoms with Gasteiger partial charge in [0, 0.05) is 23.0 Å². The molecule has 2 aromatic rings. The summed E-state index contributed by atoms with van der Waals surface area (Å²) < 4.78 is 11.1. The minimum absolute atomic E-state index is 0.465. The van der Waals surface area contributed by atoms with E-state index >= 15 is 0 Å². The maximum Gasteiger partial charge on any atom is 0.128 e. The number of nitrogens with zero attached hydrogens (tertiary/aromatic N) is 1. The number of pyridine rings is 1. The third-order valence-corrected chi connectivity index (χ3v) is 3.24. The second-order valence-corrected chi connectivity index (χ2v) is 4.78. The van der Waals surface area contributed by atoms with Crippen LogP contribution in [0, 0.1) is 13.8 Å². The summed E-state index contributed by atoms with van der Waals surface area (Å²) in [6.45, 7) is 4.99. The summed E-state index contributed by atoms with van der Waals surface area (Å²) in [5.74, 6) is 0.881. The molecule has 0 saturated heterocycles. The van der Waals surface area contributed by atoms with Gasteiger partial charge in [0.1, 0.15) is 5.75 Å². The van der Waals surface area contributed by atoms with Crippen LogP contribution in [0.4, 0.5) is 5.69 Å². The predicted octanol–water partition coefficient (Wildman–Crippen LogP) is 3.01. The molecule has 0 amide bonds. The molecule has 4 nitrogen and oxygen atoms in total. The highest BCUT2D eigenvalue weighted by Crippen LogP contribution is 2.24. The van der Waals surface area contributed by atoms with E-state index in [2.05, 4.69) is 4.98 Å². The Morgan fingerprint density at radius 1 is 1.10 bits per heavy atom. The average Bonchev–Trinajstić information content (AvgIpc) is 2.44. The van der Waals surface area contributed by atoms with Crippen LogP contribution in [0.1, 0.15) is 22.4 Å². The number of hydrogen-bond donors (Lipinski definition) is 1. The van der Waals surface area contributed by atoms with E-state index < -0.39 is 0 Å². The number of aryl methyl sites for hydroxylation is 1. The monoisotopic (exact) mass is 272 g/mol. The summed E-state index contributed by atoms with van der Waals surface area (Å²) >= 11 is 0. The number of benzene rings is 1. The van der Waals surface area contributed by atoms with Gasteiger partial charge < -0.3 is 15.2 Å². The summed E-state index contributed by atoms with van der Waals surface area (Å²) in [5, 5.41) is 0. The highest BCUT2D eigenvalue weighted by Gasteiger charge is 2.09. The van der Waals surface area contributed by atoms with E-state index in [-0.39, 0.29) is 0 Å². The molecule has 0 unspecified atom stereocenters. The highest BCUT2D eigenvalue weighted by molar-refractivity contribution is 5.41. The van der Waals surface area contributed by atoms with Crippen molar-refractivity contribution in [3.8, 4) is 5.75 Å². The minimum atomic E-state index is 0.465. The fourth-order valence-electron chi connectivity index (χ4n) is 2.10. The number of ether oxygens (including phenoxy) is 2. The number of hydrogen-bond acceptors (Lipinski definition) is 4. The van der Waals surface area contributed by atoms with Crippen LogP contribution >= 0.6 is 0 Å². The van der Waals surface area contributed by atoms with E-state index in [1.54, 1.807) is 7.11 Å². The zero-order valence-electron chi connectivity index (χ0n) is 12.1. The van der Waals surface area contributed by atoms with E-state index in [1.165, 1.54) is 0 Å². The van der Waals surface area contributed by atoms with Crippen molar-refractivity contribution in [1.29, 1.82) is 0 Å². The van der Waals surface area contributed by atoms with Gasteiger partial charge in [-0.2, -0.15) is 0 Å². The summed E-state index contributed by atoms with van der Waals surface area (Å²) in [4.78, 5) is 4.41. The summed E-state index contributed by atoms with van der Waals surface area (Å²) in [6, 6.07) is 7.67. The molecule has 0 bridgehead atoms. The molecular weight excluding hydrogens is 252 g/mol. The van der Waals surface area contributed by atoms with Crippen LogP contribution in [0.5, 0.6) is 5.75 Å². The van der Waals surface area contributed by atoms with Crippen molar-refractivity contribution >= 4 is 5.69 Å². The van der Waals surface area contributed by atoms with Gasteiger partial charge in [-0.25, -0.2) is 0 Å². The lowest BCUT2D eigenvalue weighted by Gasteiger charge is -2.12. The van der Waals surface area contributed by atoms with Crippen molar-refractivity contribution in [2.75, 3.05) is 12.8 Å². The van der Waals surface area contributed by atoms with E-state index in [0.29, 0.717) is 13.2 Å². The van der Waals surface area contributed by atoms with Gasteiger partial charge in [-0.3, -0.25) is 4.98 Å². The molecule has 20 heavy (non-hydrogen) atoms. The first-order valence-electron chi connectivity index (χ1n) is 6.53. The van der Waals surface area contributed by atoms with Crippen molar-refractivity contribution in [2.45, 2.75) is 27.1 Å². The van der Waals surface area contributed by atoms with E-state index in [1.807, 2.05) is 44.3 Å². The fourth-order valence-corrected chi connectivity index (χ4v) is 2.10. The topological polar surface area (TPSA) is 57.4 Å². The maximum atomic E-state index is 5.71. The molecule has 0 aliphatic rings. The van der Waals surface area contributed by atoms with Gasteiger partial charge in [0.15, 0.2) is 0 Å². The quantitative estimate of drug-likeness (QED) is 0.850. The Kier molecular flexibility index (Phi) is 4.58. The van der Waals surface area contributed by atoms with Crippen molar-refractivity contribution < 1.29 is 9.47 Å². The van der Waals surface area contributed by atoms with Crippen LogP contribution in [0.3, 0.4) is 0 Å². The fraction of sp³-hybridized carbons (Fsp3) is 0.312. The Morgan fingerprint density at radius 2 is 1.80 bits per heavy atom. The van der Waals surface area contributed by atoms with Crippen LogP contribution in [-0.2, 0) is 18.0 Å². The molecular formula is C16H20N2O2. The molecule has 0 radical (unpaired) electrons. The van der Waals surface area contributed by atoms with Crippen molar-refractivity contribution in [2.24, 2.45) is 0 Å². The summed E-state index contributed by atoms with van der Waals surface area (Å²) in [7, 11) is 1.67. The van der Waals surface area contributed by atoms with Gasteiger partial charge in [0.2, 0.25) is 0 Å². The third-order valence-electron chi connectivity index (χ3n) is 3.24.